The molecule has 0 aromatic heterocycles. The summed E-state index contributed by atoms with van der Waals surface area (Å²) in [5, 5.41) is 0. The first-order valence-electron chi connectivity index (χ1n) is 6.75. The summed E-state index contributed by atoms with van der Waals surface area (Å²) >= 11 is 0. The minimum atomic E-state index is -3.60. The fraction of sp³-hybridized carbons (Fsp3) is 0.571. The summed E-state index contributed by atoms with van der Waals surface area (Å²) in [5.74, 6) is 0. The molecule has 0 saturated carbocycles. The number of aryl methyl sites for hydroxylation is 1. The molecule has 0 unspecified atom stereocenters. The normalized spacial score (nSPS) is 12.4. The van der Waals surface area contributed by atoms with Crippen molar-refractivity contribution >= 4 is 15.9 Å². The maximum atomic E-state index is 12.6. The molecule has 0 fully saturated rings. The molecule has 5 nitrogen and oxygen atoms in total. The molecule has 6 heteroatoms. The monoisotopic (exact) mass is 299 g/mol. The smallest absolute Gasteiger partial charge is 0.302 e. The maximum absolute atomic E-state index is 12.6. The lowest BCUT2D eigenvalue weighted by atomic mass is 10.1. The molecule has 3 N–H and O–H groups in total. The molecule has 0 atom stereocenters. The van der Waals surface area contributed by atoms with E-state index >= 15 is 0 Å². The largest absolute Gasteiger partial charge is 0.330 e. The Morgan fingerprint density at radius 2 is 1.85 bits per heavy atom. The van der Waals surface area contributed by atoms with E-state index in [9.17, 15) is 8.42 Å². The lowest BCUT2D eigenvalue weighted by Crippen LogP contribution is -2.49. The zero-order chi connectivity index (χ0) is 15.4. The van der Waals surface area contributed by atoms with Gasteiger partial charge >= 0.3 is 10.2 Å². The molecule has 0 aliphatic rings. The lowest BCUT2D eigenvalue weighted by molar-refractivity contribution is 0.488. The van der Waals surface area contributed by atoms with Crippen LogP contribution in [0.5, 0.6) is 0 Å². The first kappa shape index (κ1) is 16.9. The Bertz CT molecular complexity index is 536. The second-order valence-corrected chi connectivity index (χ2v) is 7.45. The number of anilines is 1. The van der Waals surface area contributed by atoms with Crippen LogP contribution < -0.4 is 14.8 Å². The first-order valence-corrected chi connectivity index (χ1v) is 8.19. The number of hydrogen-bond donors (Lipinski definition) is 2. The van der Waals surface area contributed by atoms with Crippen molar-refractivity contribution in [2.24, 2.45) is 5.73 Å². The summed E-state index contributed by atoms with van der Waals surface area (Å²) < 4.78 is 29.2. The summed E-state index contributed by atoms with van der Waals surface area (Å²) in [5.41, 5.74) is 6.61. The minimum Gasteiger partial charge on any atom is -0.330 e. The zero-order valence-electron chi connectivity index (χ0n) is 12.7. The molecule has 0 amide bonds. The average molecular weight is 299 g/mol. The van der Waals surface area contributed by atoms with Crippen molar-refractivity contribution in [2.45, 2.75) is 39.7 Å². The van der Waals surface area contributed by atoms with Crippen LogP contribution in [-0.4, -0.2) is 27.0 Å². The van der Waals surface area contributed by atoms with E-state index in [0.29, 0.717) is 25.2 Å². The van der Waals surface area contributed by atoms with Crippen LogP contribution in [0.2, 0.25) is 0 Å². The molecule has 0 radical (unpaired) electrons. The molecule has 1 aromatic rings. The van der Waals surface area contributed by atoms with Crippen molar-refractivity contribution in [3.8, 4) is 0 Å². The highest BCUT2D eigenvalue weighted by molar-refractivity contribution is 7.90. The molecule has 114 valence electrons. The SMILES string of the molecule is Cc1ccccc1N(CCCN)S(=O)(=O)NC(C)(C)C. The Kier molecular flexibility index (Phi) is 5.56. The van der Waals surface area contributed by atoms with Crippen molar-refractivity contribution in [2.75, 3.05) is 17.4 Å². The van der Waals surface area contributed by atoms with Gasteiger partial charge in [-0.15, -0.1) is 0 Å². The van der Waals surface area contributed by atoms with Crippen molar-refractivity contribution in [3.63, 3.8) is 0 Å². The van der Waals surface area contributed by atoms with Gasteiger partial charge in [-0.2, -0.15) is 13.1 Å². The summed E-state index contributed by atoms with van der Waals surface area (Å²) in [6.45, 7) is 8.19. The van der Waals surface area contributed by atoms with Gasteiger partial charge in [-0.05, 0) is 52.3 Å². The molecule has 0 bridgehead atoms. The van der Waals surface area contributed by atoms with E-state index in [1.165, 1.54) is 4.31 Å². The van der Waals surface area contributed by atoms with Crippen molar-refractivity contribution in [1.82, 2.24) is 4.72 Å². The highest BCUT2D eigenvalue weighted by Gasteiger charge is 2.27. The molecule has 0 saturated heterocycles. The second-order valence-electron chi connectivity index (χ2n) is 5.86. The molecule has 20 heavy (non-hydrogen) atoms. The Balaban J connectivity index is 3.16. The Morgan fingerprint density at radius 3 is 2.35 bits per heavy atom. The second kappa shape index (κ2) is 6.56. The van der Waals surface area contributed by atoms with Gasteiger partial charge in [0, 0.05) is 12.1 Å². The van der Waals surface area contributed by atoms with Gasteiger partial charge in [0.1, 0.15) is 0 Å². The quantitative estimate of drug-likeness (QED) is 0.841. The van der Waals surface area contributed by atoms with E-state index in [1.807, 2.05) is 52.0 Å². The van der Waals surface area contributed by atoms with E-state index in [1.54, 1.807) is 0 Å². The maximum Gasteiger partial charge on any atom is 0.302 e. The van der Waals surface area contributed by atoms with E-state index in [2.05, 4.69) is 4.72 Å². The van der Waals surface area contributed by atoms with Gasteiger partial charge in [0.05, 0.1) is 5.69 Å². The summed E-state index contributed by atoms with van der Waals surface area (Å²) in [4.78, 5) is 0. The van der Waals surface area contributed by atoms with Crippen LogP contribution in [0.15, 0.2) is 24.3 Å². The van der Waals surface area contributed by atoms with Crippen molar-refractivity contribution in [1.29, 1.82) is 0 Å². The number of para-hydroxylation sites is 1. The topological polar surface area (TPSA) is 75.4 Å². The predicted molar refractivity (Wildman–Crippen MR) is 84.0 cm³/mol. The van der Waals surface area contributed by atoms with Crippen LogP contribution in [0.1, 0.15) is 32.8 Å². The van der Waals surface area contributed by atoms with Gasteiger partial charge in [-0.25, -0.2) is 0 Å². The highest BCUT2D eigenvalue weighted by Crippen LogP contribution is 2.23. The Hall–Kier alpha value is -1.11. The molecular formula is C14H25N3O2S. The Labute approximate surface area is 122 Å². The number of nitrogens with two attached hydrogens (primary N) is 1. The number of benzene rings is 1. The van der Waals surface area contributed by atoms with E-state index in [0.717, 1.165) is 5.56 Å². The first-order chi connectivity index (χ1) is 9.17. The van der Waals surface area contributed by atoms with E-state index in [-0.39, 0.29) is 0 Å². The van der Waals surface area contributed by atoms with Crippen LogP contribution in [0.3, 0.4) is 0 Å². The van der Waals surface area contributed by atoms with Crippen LogP contribution in [-0.2, 0) is 10.2 Å². The fourth-order valence-electron chi connectivity index (χ4n) is 1.89. The number of nitrogens with one attached hydrogen (secondary N) is 1. The van der Waals surface area contributed by atoms with E-state index < -0.39 is 15.7 Å². The molecule has 1 aromatic carbocycles. The van der Waals surface area contributed by atoms with Crippen LogP contribution >= 0.6 is 0 Å². The highest BCUT2D eigenvalue weighted by atomic mass is 32.2. The third-order valence-corrected chi connectivity index (χ3v) is 4.50. The zero-order valence-corrected chi connectivity index (χ0v) is 13.5. The molecule has 0 aliphatic carbocycles. The Morgan fingerprint density at radius 1 is 1.25 bits per heavy atom. The van der Waals surface area contributed by atoms with Crippen molar-refractivity contribution in [3.05, 3.63) is 29.8 Å². The molecule has 0 heterocycles. The van der Waals surface area contributed by atoms with E-state index in [4.69, 9.17) is 5.73 Å². The molecular weight excluding hydrogens is 274 g/mol. The third kappa shape index (κ3) is 4.77. The standard InChI is InChI=1S/C14H25N3O2S/c1-12-8-5-6-9-13(12)17(11-7-10-15)20(18,19)16-14(2,3)4/h5-6,8-9,16H,7,10-11,15H2,1-4H3. The summed E-state index contributed by atoms with van der Waals surface area (Å²) in [6.07, 6.45) is 0.611. The fourth-order valence-corrected chi connectivity index (χ4v) is 3.61. The molecule has 0 aliphatic heterocycles. The minimum absolute atomic E-state index is 0.368. The molecule has 0 spiro atoms. The van der Waals surface area contributed by atoms with Gasteiger partial charge < -0.3 is 5.73 Å². The van der Waals surface area contributed by atoms with Crippen LogP contribution in [0.25, 0.3) is 0 Å². The average Bonchev–Trinajstić information content (AvgIpc) is 2.28. The lowest BCUT2D eigenvalue weighted by Gasteiger charge is -2.30. The van der Waals surface area contributed by atoms with Crippen LogP contribution in [0.4, 0.5) is 5.69 Å². The van der Waals surface area contributed by atoms with Gasteiger partial charge in [0.2, 0.25) is 0 Å². The van der Waals surface area contributed by atoms with Gasteiger partial charge in [-0.3, -0.25) is 4.31 Å². The van der Waals surface area contributed by atoms with Gasteiger partial charge in [0.25, 0.3) is 0 Å². The summed E-state index contributed by atoms with van der Waals surface area (Å²) in [7, 11) is -3.60. The third-order valence-electron chi connectivity index (χ3n) is 2.67. The number of hydrogen-bond acceptors (Lipinski definition) is 3. The molecule has 1 rings (SSSR count). The van der Waals surface area contributed by atoms with Crippen molar-refractivity contribution < 1.29 is 8.42 Å². The van der Waals surface area contributed by atoms with Crippen LogP contribution in [0, 0.1) is 6.92 Å². The number of rotatable bonds is 6. The van der Waals surface area contributed by atoms with Gasteiger partial charge in [0.15, 0.2) is 0 Å². The van der Waals surface area contributed by atoms with Gasteiger partial charge in [-0.1, -0.05) is 18.2 Å². The number of nitrogens with zero attached hydrogens (tertiary/aromatic N) is 1. The summed E-state index contributed by atoms with van der Waals surface area (Å²) in [6, 6.07) is 7.44. The predicted octanol–water partition coefficient (Wildman–Crippen LogP) is 1.78.